The van der Waals surface area contributed by atoms with Crippen molar-refractivity contribution in [2.75, 3.05) is 13.9 Å². The molecule has 1 N–H and O–H groups in total. The van der Waals surface area contributed by atoms with Gasteiger partial charge in [0, 0.05) is 17.8 Å². The Morgan fingerprint density at radius 2 is 1.92 bits per heavy atom. The molecule has 2 rings (SSSR count). The zero-order chi connectivity index (χ0) is 18.4. The molecule has 25 heavy (non-hydrogen) atoms. The SMILES string of the molecule is CCC(C)(Pc1ccc(C)cc1CO)c1cccc(C)c1OCOC. The standard InChI is InChI=1S/C21H29O3P/c1-6-21(4,25-19-11-10-15(2)12-17(19)13-22)18-9-7-8-16(3)20(18)24-14-23-5/h7-12,22,25H,6,13-14H2,1-5H3. The molecule has 0 aliphatic carbocycles. The minimum Gasteiger partial charge on any atom is -0.467 e. The Bertz CT molecular complexity index is 714. The average molecular weight is 360 g/mol. The Kier molecular flexibility index (Phi) is 7.01. The molecule has 0 bridgehead atoms. The van der Waals surface area contributed by atoms with Crippen molar-refractivity contribution in [3.05, 3.63) is 58.7 Å². The summed E-state index contributed by atoms with van der Waals surface area (Å²) in [5.41, 5.74) is 4.51. The summed E-state index contributed by atoms with van der Waals surface area (Å²) >= 11 is 0. The van der Waals surface area contributed by atoms with Crippen molar-refractivity contribution in [3.63, 3.8) is 0 Å². The first-order chi connectivity index (χ1) is 11.9. The number of para-hydroxylation sites is 1. The van der Waals surface area contributed by atoms with E-state index >= 15 is 0 Å². The third kappa shape index (κ3) is 4.61. The van der Waals surface area contributed by atoms with E-state index in [0.29, 0.717) is 8.58 Å². The van der Waals surface area contributed by atoms with Crippen LogP contribution in [0, 0.1) is 13.8 Å². The van der Waals surface area contributed by atoms with Gasteiger partial charge in [0.1, 0.15) is 5.75 Å². The number of aliphatic hydroxyl groups is 1. The van der Waals surface area contributed by atoms with E-state index in [1.165, 1.54) is 16.4 Å². The molecular weight excluding hydrogens is 331 g/mol. The van der Waals surface area contributed by atoms with E-state index in [9.17, 15) is 5.11 Å². The average Bonchev–Trinajstić information content (AvgIpc) is 2.61. The molecule has 0 saturated carbocycles. The van der Waals surface area contributed by atoms with Crippen LogP contribution in [0.4, 0.5) is 0 Å². The van der Waals surface area contributed by atoms with E-state index in [1.54, 1.807) is 7.11 Å². The number of benzene rings is 2. The first-order valence-electron chi connectivity index (χ1n) is 8.65. The molecule has 0 aliphatic rings. The van der Waals surface area contributed by atoms with Crippen LogP contribution in [0.2, 0.25) is 0 Å². The Balaban J connectivity index is 2.46. The summed E-state index contributed by atoms with van der Waals surface area (Å²) in [7, 11) is 2.18. The fourth-order valence-corrected chi connectivity index (χ4v) is 4.60. The summed E-state index contributed by atoms with van der Waals surface area (Å²) in [6, 6.07) is 12.7. The number of ether oxygens (including phenoxy) is 2. The third-order valence-corrected chi connectivity index (χ3v) is 6.61. The lowest BCUT2D eigenvalue weighted by Gasteiger charge is -2.32. The van der Waals surface area contributed by atoms with Gasteiger partial charge in [-0.15, -0.1) is 0 Å². The van der Waals surface area contributed by atoms with Crippen LogP contribution >= 0.6 is 8.58 Å². The summed E-state index contributed by atoms with van der Waals surface area (Å²) in [6.07, 6.45) is 0.983. The van der Waals surface area contributed by atoms with Crippen LogP contribution in [0.1, 0.15) is 42.5 Å². The van der Waals surface area contributed by atoms with E-state index in [4.69, 9.17) is 9.47 Å². The smallest absolute Gasteiger partial charge is 0.188 e. The lowest BCUT2D eigenvalue weighted by atomic mass is 9.94. The van der Waals surface area contributed by atoms with Crippen molar-refractivity contribution in [1.82, 2.24) is 0 Å². The fourth-order valence-electron chi connectivity index (χ4n) is 3.02. The molecule has 0 heterocycles. The van der Waals surface area contributed by atoms with Gasteiger partial charge in [0.05, 0.1) is 6.61 Å². The minimum absolute atomic E-state index is 0.0612. The van der Waals surface area contributed by atoms with Gasteiger partial charge in [0.15, 0.2) is 6.79 Å². The lowest BCUT2D eigenvalue weighted by molar-refractivity contribution is 0.0495. The quantitative estimate of drug-likeness (QED) is 0.560. The van der Waals surface area contributed by atoms with Gasteiger partial charge in [-0.3, -0.25) is 0 Å². The summed E-state index contributed by atoms with van der Waals surface area (Å²) in [5.74, 6) is 0.916. The molecule has 136 valence electrons. The zero-order valence-electron chi connectivity index (χ0n) is 15.8. The van der Waals surface area contributed by atoms with Gasteiger partial charge in [-0.1, -0.05) is 64.4 Å². The number of rotatable bonds is 8. The van der Waals surface area contributed by atoms with Crippen molar-refractivity contribution in [2.45, 2.75) is 45.9 Å². The topological polar surface area (TPSA) is 38.7 Å². The maximum absolute atomic E-state index is 9.76. The van der Waals surface area contributed by atoms with Gasteiger partial charge in [-0.2, -0.15) is 0 Å². The largest absolute Gasteiger partial charge is 0.467 e. The molecule has 2 aromatic carbocycles. The van der Waals surface area contributed by atoms with Crippen LogP contribution in [-0.2, 0) is 16.5 Å². The molecule has 0 fully saturated rings. The molecule has 2 unspecified atom stereocenters. The molecule has 0 aliphatic heterocycles. The van der Waals surface area contributed by atoms with Crippen molar-refractivity contribution in [3.8, 4) is 5.75 Å². The number of methoxy groups -OCH3 is 1. The molecule has 0 saturated heterocycles. The number of aryl methyl sites for hydroxylation is 2. The van der Waals surface area contributed by atoms with Gasteiger partial charge in [0.2, 0.25) is 0 Å². The Morgan fingerprint density at radius 3 is 2.56 bits per heavy atom. The lowest BCUT2D eigenvalue weighted by Crippen LogP contribution is -2.22. The maximum atomic E-state index is 9.76. The molecule has 4 heteroatoms. The van der Waals surface area contributed by atoms with Gasteiger partial charge < -0.3 is 14.6 Å². The summed E-state index contributed by atoms with van der Waals surface area (Å²) < 4.78 is 11.0. The van der Waals surface area contributed by atoms with Crippen LogP contribution in [0.25, 0.3) is 0 Å². The van der Waals surface area contributed by atoms with E-state index < -0.39 is 0 Å². The first-order valence-corrected chi connectivity index (χ1v) is 9.65. The van der Waals surface area contributed by atoms with Crippen molar-refractivity contribution >= 4 is 13.9 Å². The Hall–Kier alpha value is -1.41. The normalized spacial score (nSPS) is 14.0. The van der Waals surface area contributed by atoms with Crippen molar-refractivity contribution in [1.29, 1.82) is 0 Å². The zero-order valence-corrected chi connectivity index (χ0v) is 16.8. The second-order valence-electron chi connectivity index (χ2n) is 6.63. The number of hydrogen-bond donors (Lipinski definition) is 1. The molecular formula is C21H29O3P. The van der Waals surface area contributed by atoms with E-state index in [0.717, 1.165) is 23.3 Å². The number of aliphatic hydroxyl groups excluding tert-OH is 1. The van der Waals surface area contributed by atoms with Crippen LogP contribution < -0.4 is 10.0 Å². The fraction of sp³-hybridized carbons (Fsp3) is 0.429. The van der Waals surface area contributed by atoms with Crippen LogP contribution in [0.5, 0.6) is 5.75 Å². The predicted molar refractivity (Wildman–Crippen MR) is 106 cm³/mol. The second-order valence-corrected chi connectivity index (χ2v) is 8.52. The van der Waals surface area contributed by atoms with Gasteiger partial charge in [-0.25, -0.2) is 0 Å². The monoisotopic (exact) mass is 360 g/mol. The predicted octanol–water partition coefficient (Wildman–Crippen LogP) is 4.41. The second kappa shape index (κ2) is 8.80. The first kappa shape index (κ1) is 19.9. The van der Waals surface area contributed by atoms with E-state index in [-0.39, 0.29) is 18.6 Å². The molecule has 0 amide bonds. The molecule has 0 spiro atoms. The van der Waals surface area contributed by atoms with Crippen LogP contribution in [-0.4, -0.2) is 19.0 Å². The highest BCUT2D eigenvalue weighted by molar-refractivity contribution is 7.48. The highest BCUT2D eigenvalue weighted by atomic mass is 31.1. The minimum atomic E-state index is -0.0612. The van der Waals surface area contributed by atoms with Crippen LogP contribution in [0.15, 0.2) is 36.4 Å². The summed E-state index contributed by atoms with van der Waals surface area (Å²) in [4.78, 5) is 0. The highest BCUT2D eigenvalue weighted by Gasteiger charge is 2.30. The van der Waals surface area contributed by atoms with E-state index in [2.05, 4.69) is 64.1 Å². The Labute approximate surface area is 153 Å². The van der Waals surface area contributed by atoms with E-state index in [1.807, 2.05) is 0 Å². The van der Waals surface area contributed by atoms with Crippen LogP contribution in [0.3, 0.4) is 0 Å². The van der Waals surface area contributed by atoms with Gasteiger partial charge >= 0.3 is 0 Å². The molecule has 3 nitrogen and oxygen atoms in total. The molecule has 2 aromatic rings. The molecule has 0 radical (unpaired) electrons. The molecule has 2 atom stereocenters. The maximum Gasteiger partial charge on any atom is 0.188 e. The molecule has 0 aromatic heterocycles. The van der Waals surface area contributed by atoms with Crippen molar-refractivity contribution < 1.29 is 14.6 Å². The summed E-state index contributed by atoms with van der Waals surface area (Å²) in [6.45, 7) is 8.93. The summed E-state index contributed by atoms with van der Waals surface area (Å²) in [5, 5.41) is 10.9. The van der Waals surface area contributed by atoms with Crippen molar-refractivity contribution in [2.24, 2.45) is 0 Å². The van der Waals surface area contributed by atoms with Gasteiger partial charge in [0.25, 0.3) is 0 Å². The highest BCUT2D eigenvalue weighted by Crippen LogP contribution is 2.48. The third-order valence-electron chi connectivity index (χ3n) is 4.68. The Morgan fingerprint density at radius 1 is 1.16 bits per heavy atom. The van der Waals surface area contributed by atoms with Gasteiger partial charge in [-0.05, 0) is 36.7 Å². The number of hydrogen-bond acceptors (Lipinski definition) is 3.